The highest BCUT2D eigenvalue weighted by Crippen LogP contribution is 2.61. The summed E-state index contributed by atoms with van der Waals surface area (Å²) in [6, 6.07) is 9.39. The topological polar surface area (TPSA) is 106 Å². The van der Waals surface area contributed by atoms with Gasteiger partial charge >= 0.3 is 11.9 Å². The molecule has 0 aromatic heterocycles. The van der Waals surface area contributed by atoms with Crippen LogP contribution in [-0.4, -0.2) is 71.3 Å². The number of nitrogens with zero attached hydrogens (tertiary/aromatic N) is 1. The Morgan fingerprint density at radius 2 is 1.90 bits per heavy atom. The Kier molecular flexibility index (Phi) is 8.00. The van der Waals surface area contributed by atoms with Crippen LogP contribution in [0.4, 0.5) is 0 Å². The number of aliphatic hydroxyl groups excluding tert-OH is 2. The number of ether oxygens (including phenoxy) is 3. The van der Waals surface area contributed by atoms with E-state index >= 15 is 0 Å². The number of hydrogen-bond acceptors (Lipinski definition) is 8. The third-order valence-electron chi connectivity index (χ3n) is 10.8. The maximum absolute atomic E-state index is 13.6. The Hall–Kier alpha value is -2.52. The van der Waals surface area contributed by atoms with Gasteiger partial charge in [0.25, 0.3) is 0 Å². The maximum Gasteiger partial charge on any atom is 0.338 e. The number of carbonyl (C=O) groups is 2. The van der Waals surface area contributed by atoms with Crippen LogP contribution in [0.1, 0.15) is 71.4 Å². The van der Waals surface area contributed by atoms with Crippen molar-refractivity contribution in [1.82, 2.24) is 4.90 Å². The number of carbonyl (C=O) groups excluding carboxylic acids is 2. The van der Waals surface area contributed by atoms with Gasteiger partial charge < -0.3 is 24.4 Å². The van der Waals surface area contributed by atoms with Gasteiger partial charge in [-0.25, -0.2) is 9.59 Å². The third kappa shape index (κ3) is 5.07. The Balaban J connectivity index is 1.35. The van der Waals surface area contributed by atoms with Crippen molar-refractivity contribution in [3.8, 4) is 0 Å². The summed E-state index contributed by atoms with van der Waals surface area (Å²) in [5, 5.41) is 21.1. The molecule has 8 atom stereocenters. The lowest BCUT2D eigenvalue weighted by atomic mass is 9.46. The molecule has 5 unspecified atom stereocenters. The van der Waals surface area contributed by atoms with E-state index in [0.29, 0.717) is 18.4 Å². The van der Waals surface area contributed by atoms with E-state index in [9.17, 15) is 19.8 Å². The van der Waals surface area contributed by atoms with Crippen molar-refractivity contribution in [3.63, 3.8) is 0 Å². The number of fused-ring (bicyclic) bond motifs is 1. The molecule has 8 heteroatoms. The Bertz CT molecular complexity index is 1210. The smallest absolute Gasteiger partial charge is 0.338 e. The summed E-state index contributed by atoms with van der Waals surface area (Å²) >= 11 is 0. The van der Waals surface area contributed by atoms with Gasteiger partial charge in [-0.1, -0.05) is 62.4 Å². The first-order valence-corrected chi connectivity index (χ1v) is 14.8. The van der Waals surface area contributed by atoms with Crippen LogP contribution in [0.25, 0.3) is 0 Å². The molecule has 224 valence electrons. The first-order chi connectivity index (χ1) is 19.3. The third-order valence-corrected chi connectivity index (χ3v) is 10.8. The highest BCUT2D eigenvalue weighted by Gasteiger charge is 2.57. The summed E-state index contributed by atoms with van der Waals surface area (Å²) in [5.41, 5.74) is 0.958. The van der Waals surface area contributed by atoms with Crippen LogP contribution in [0.15, 0.2) is 54.1 Å². The van der Waals surface area contributed by atoms with Gasteiger partial charge in [-0.05, 0) is 75.8 Å². The summed E-state index contributed by atoms with van der Waals surface area (Å²) in [5.74, 6) is -0.822. The van der Waals surface area contributed by atoms with Crippen LogP contribution >= 0.6 is 0 Å². The Labute approximate surface area is 243 Å². The quantitative estimate of drug-likeness (QED) is 0.298. The molecule has 41 heavy (non-hydrogen) atoms. The molecule has 2 heterocycles. The molecule has 0 amide bonds. The van der Waals surface area contributed by atoms with Crippen molar-refractivity contribution in [1.29, 1.82) is 0 Å². The predicted molar refractivity (Wildman–Crippen MR) is 153 cm³/mol. The molecule has 2 saturated heterocycles. The van der Waals surface area contributed by atoms with Crippen LogP contribution < -0.4 is 0 Å². The normalized spacial score (nSPS) is 39.9. The second-order valence-electron chi connectivity index (χ2n) is 13.4. The highest BCUT2D eigenvalue weighted by molar-refractivity contribution is 5.92. The van der Waals surface area contributed by atoms with Gasteiger partial charge in [-0.15, -0.1) is 0 Å². The van der Waals surface area contributed by atoms with E-state index in [1.807, 2.05) is 69.1 Å². The molecule has 2 aliphatic heterocycles. The molecule has 0 bridgehead atoms. The molecule has 5 rings (SSSR count). The average molecular weight is 568 g/mol. The summed E-state index contributed by atoms with van der Waals surface area (Å²) in [7, 11) is 1.93. The summed E-state index contributed by atoms with van der Waals surface area (Å²) in [4.78, 5) is 28.4. The number of aliphatic hydroxyl groups is 2. The van der Waals surface area contributed by atoms with Crippen LogP contribution in [0, 0.1) is 22.7 Å². The van der Waals surface area contributed by atoms with E-state index in [4.69, 9.17) is 14.2 Å². The zero-order valence-electron chi connectivity index (χ0n) is 25.0. The van der Waals surface area contributed by atoms with E-state index in [1.54, 1.807) is 0 Å². The second kappa shape index (κ2) is 11.0. The monoisotopic (exact) mass is 567 g/mol. The molecule has 2 N–H and O–H groups in total. The fourth-order valence-electron chi connectivity index (χ4n) is 8.08. The minimum absolute atomic E-state index is 0.0291. The SMILES string of the molecule is C=C1CCC2[C@](C)(CO)C(O)CC[C@]2(C)[C@H]1C/C=C1/C(=O)OCC1OC(=O)C1OC(C)(C)N(C)C1c1ccccc1. The van der Waals surface area contributed by atoms with Crippen LogP contribution in [-0.2, 0) is 23.8 Å². The lowest BCUT2D eigenvalue weighted by molar-refractivity contribution is -0.165. The molecule has 1 aromatic carbocycles. The van der Waals surface area contributed by atoms with Gasteiger partial charge in [0, 0.05) is 5.41 Å². The molecule has 4 aliphatic rings. The molecule has 4 fully saturated rings. The number of benzene rings is 1. The predicted octanol–water partition coefficient (Wildman–Crippen LogP) is 4.32. The summed E-state index contributed by atoms with van der Waals surface area (Å²) in [6.45, 7) is 12.3. The largest absolute Gasteiger partial charge is 0.458 e. The fourth-order valence-corrected chi connectivity index (χ4v) is 8.08. The maximum atomic E-state index is 13.6. The molecule has 1 aromatic rings. The number of allylic oxidation sites excluding steroid dienone is 2. The van der Waals surface area contributed by atoms with E-state index in [0.717, 1.165) is 30.4 Å². The lowest BCUT2D eigenvalue weighted by Gasteiger charge is -2.59. The molecule has 2 saturated carbocycles. The van der Waals surface area contributed by atoms with E-state index in [2.05, 4.69) is 13.5 Å². The van der Waals surface area contributed by atoms with Crippen molar-refractivity contribution in [2.45, 2.75) is 89.9 Å². The van der Waals surface area contributed by atoms with Crippen molar-refractivity contribution in [2.24, 2.45) is 22.7 Å². The van der Waals surface area contributed by atoms with Gasteiger partial charge in [0.1, 0.15) is 12.3 Å². The Morgan fingerprint density at radius 3 is 2.59 bits per heavy atom. The van der Waals surface area contributed by atoms with Gasteiger partial charge in [-0.2, -0.15) is 0 Å². The molecular weight excluding hydrogens is 522 g/mol. The van der Waals surface area contributed by atoms with Gasteiger partial charge in [-0.3, -0.25) is 4.90 Å². The van der Waals surface area contributed by atoms with Crippen LogP contribution in [0.5, 0.6) is 0 Å². The zero-order valence-corrected chi connectivity index (χ0v) is 25.0. The molecule has 8 nitrogen and oxygen atoms in total. The molecular formula is C33H45NO7. The number of rotatable bonds is 6. The molecule has 0 spiro atoms. The van der Waals surface area contributed by atoms with Crippen molar-refractivity contribution in [3.05, 3.63) is 59.7 Å². The average Bonchev–Trinajstić information content (AvgIpc) is 3.41. The minimum Gasteiger partial charge on any atom is -0.458 e. The number of hydrogen-bond donors (Lipinski definition) is 2. The van der Waals surface area contributed by atoms with Crippen molar-refractivity contribution >= 4 is 11.9 Å². The highest BCUT2D eigenvalue weighted by atomic mass is 16.6. The second-order valence-corrected chi connectivity index (χ2v) is 13.4. The number of cyclic esters (lactones) is 1. The summed E-state index contributed by atoms with van der Waals surface area (Å²) in [6.07, 6.45) is 3.27. The first-order valence-electron chi connectivity index (χ1n) is 14.8. The van der Waals surface area contributed by atoms with Crippen LogP contribution in [0.2, 0.25) is 0 Å². The van der Waals surface area contributed by atoms with Gasteiger partial charge in [0.05, 0.1) is 24.3 Å². The van der Waals surface area contributed by atoms with E-state index < -0.39 is 41.4 Å². The lowest BCUT2D eigenvalue weighted by Crippen LogP contribution is -2.57. The number of esters is 2. The van der Waals surface area contributed by atoms with Crippen LogP contribution in [0.3, 0.4) is 0 Å². The minimum atomic E-state index is -0.864. The van der Waals surface area contributed by atoms with Gasteiger partial charge in [0.2, 0.25) is 0 Å². The zero-order chi connectivity index (χ0) is 29.7. The molecule has 0 radical (unpaired) electrons. The first kappa shape index (κ1) is 30.0. The van der Waals surface area contributed by atoms with Crippen molar-refractivity contribution < 1.29 is 34.0 Å². The fraction of sp³-hybridized carbons (Fsp3) is 0.636. The standard InChI is InChI=1S/C33H45NO7/c1-20-12-15-25-32(4,17-16-26(36)33(25,5)19-35)23(20)14-13-22-24(18-39-29(22)37)40-30(38)28-27(21-10-8-7-9-11-21)34(6)31(2,3)41-28/h7-11,13,23-28,35-36H,1,12,14-19H2,2-6H3/b22-13+/t23-,24?,25?,26?,27?,28?,32+,33-/m0/s1. The van der Waals surface area contributed by atoms with Crippen molar-refractivity contribution in [2.75, 3.05) is 20.3 Å². The molecule has 2 aliphatic carbocycles. The number of likely N-dealkylation sites (N-methyl/N-ethyl adjacent to an activating group) is 1. The Morgan fingerprint density at radius 1 is 1.20 bits per heavy atom. The summed E-state index contributed by atoms with van der Waals surface area (Å²) < 4.78 is 17.5. The van der Waals surface area contributed by atoms with Gasteiger partial charge in [0.15, 0.2) is 12.2 Å². The van der Waals surface area contributed by atoms with E-state index in [1.165, 1.54) is 0 Å². The van der Waals surface area contributed by atoms with E-state index in [-0.39, 0.29) is 36.5 Å².